The van der Waals surface area contributed by atoms with Crippen LogP contribution in [0.4, 0.5) is 5.69 Å². The zero-order valence-electron chi connectivity index (χ0n) is 10.7. The fraction of sp³-hybridized carbons (Fsp3) is 0. The maximum atomic E-state index is 12.4. The van der Waals surface area contributed by atoms with Crippen LogP contribution in [0.1, 0.15) is 15.9 Å². The van der Waals surface area contributed by atoms with Gasteiger partial charge in [0.25, 0.3) is 0 Å². The summed E-state index contributed by atoms with van der Waals surface area (Å²) >= 11 is 5.91. The highest BCUT2D eigenvalue weighted by molar-refractivity contribution is 6.31. The van der Waals surface area contributed by atoms with E-state index in [1.54, 1.807) is 36.4 Å². The fourth-order valence-electron chi connectivity index (χ4n) is 1.69. The molecule has 1 N–H and O–H groups in total. The van der Waals surface area contributed by atoms with Gasteiger partial charge in [-0.15, -0.1) is 0 Å². The molecule has 7 heteroatoms. The van der Waals surface area contributed by atoms with E-state index in [0.29, 0.717) is 22.6 Å². The van der Waals surface area contributed by atoms with Gasteiger partial charge in [0.05, 0.1) is 11.3 Å². The smallest absolute Gasteiger partial charge is 0.352 e. The number of nitrogens with one attached hydrogen (secondary N) is 1. The Kier molecular flexibility index (Phi) is 4.63. The van der Waals surface area contributed by atoms with E-state index >= 15 is 0 Å². The van der Waals surface area contributed by atoms with Gasteiger partial charge in [-0.05, 0) is 23.1 Å². The van der Waals surface area contributed by atoms with Gasteiger partial charge in [-0.25, -0.2) is 0 Å². The SMILES string of the molecule is O=C(c1ccccc1)c1cc(Cl)ccc1N/N=C/[N+](=O)[O-]. The Bertz CT molecular complexity index is 702. The number of halogens is 1. The first-order valence-corrected chi connectivity index (χ1v) is 6.27. The van der Waals surface area contributed by atoms with Crippen molar-refractivity contribution in [2.24, 2.45) is 5.10 Å². The molecule has 0 saturated carbocycles. The standard InChI is InChI=1S/C14H10ClN3O3/c15-11-6-7-13(17-16-9-18(20)21)12(8-11)14(19)10-4-2-1-3-5-10/h1-9,17H/b16-9+. The normalized spacial score (nSPS) is 10.5. The molecule has 21 heavy (non-hydrogen) atoms. The largest absolute Gasteiger partial charge is 0.358 e. The Hall–Kier alpha value is -2.73. The molecule has 2 rings (SSSR count). The summed E-state index contributed by atoms with van der Waals surface area (Å²) < 4.78 is 0. The zero-order chi connectivity index (χ0) is 15.2. The molecule has 0 aliphatic carbocycles. The van der Waals surface area contributed by atoms with Crippen molar-refractivity contribution in [1.82, 2.24) is 0 Å². The van der Waals surface area contributed by atoms with Crippen LogP contribution in [0, 0.1) is 10.1 Å². The Morgan fingerprint density at radius 2 is 1.95 bits per heavy atom. The topological polar surface area (TPSA) is 84.6 Å². The number of carbonyl (C=O) groups excluding carboxylic acids is 1. The zero-order valence-corrected chi connectivity index (χ0v) is 11.4. The van der Waals surface area contributed by atoms with E-state index in [1.807, 2.05) is 0 Å². The van der Waals surface area contributed by atoms with Crippen molar-refractivity contribution in [3.63, 3.8) is 0 Å². The minimum atomic E-state index is -0.707. The average molecular weight is 304 g/mol. The lowest BCUT2D eigenvalue weighted by Gasteiger charge is -2.06. The van der Waals surface area contributed by atoms with Crippen LogP contribution < -0.4 is 5.43 Å². The molecule has 0 unspecified atom stereocenters. The lowest BCUT2D eigenvalue weighted by Crippen LogP contribution is -2.06. The summed E-state index contributed by atoms with van der Waals surface area (Å²) in [5.74, 6) is -0.253. The molecule has 2 aromatic carbocycles. The molecule has 0 aromatic heterocycles. The van der Waals surface area contributed by atoms with Gasteiger partial charge < -0.3 is 10.1 Å². The molecule has 0 amide bonds. The number of hydrazone groups is 1. The number of nitro groups is 1. The molecule has 0 aliphatic heterocycles. The fourth-order valence-corrected chi connectivity index (χ4v) is 1.86. The highest BCUT2D eigenvalue weighted by Crippen LogP contribution is 2.23. The van der Waals surface area contributed by atoms with E-state index < -0.39 is 4.92 Å². The van der Waals surface area contributed by atoms with E-state index in [9.17, 15) is 14.9 Å². The first kappa shape index (κ1) is 14.7. The van der Waals surface area contributed by atoms with Crippen molar-refractivity contribution in [3.05, 3.63) is 74.8 Å². The third kappa shape index (κ3) is 3.87. The number of ketones is 1. The molecule has 0 atom stereocenters. The Morgan fingerprint density at radius 1 is 1.24 bits per heavy atom. The molecule has 0 fully saturated rings. The molecular weight excluding hydrogens is 294 g/mol. The monoisotopic (exact) mass is 303 g/mol. The third-order valence-corrected chi connectivity index (χ3v) is 2.83. The summed E-state index contributed by atoms with van der Waals surface area (Å²) in [7, 11) is 0. The van der Waals surface area contributed by atoms with Gasteiger partial charge in [-0.1, -0.05) is 41.9 Å². The molecule has 0 radical (unpaired) electrons. The summed E-state index contributed by atoms with van der Waals surface area (Å²) in [5, 5.41) is 14.0. The Morgan fingerprint density at radius 3 is 2.62 bits per heavy atom. The molecule has 0 saturated heterocycles. The molecule has 0 bridgehead atoms. The lowest BCUT2D eigenvalue weighted by molar-refractivity contribution is -0.339. The van der Waals surface area contributed by atoms with Gasteiger partial charge in [-0.3, -0.25) is 4.79 Å². The van der Waals surface area contributed by atoms with Crippen LogP contribution in [0.5, 0.6) is 0 Å². The summed E-state index contributed by atoms with van der Waals surface area (Å²) in [6.07, 6.45) is 0.505. The van der Waals surface area contributed by atoms with Crippen molar-refractivity contribution in [1.29, 1.82) is 0 Å². The van der Waals surface area contributed by atoms with Gasteiger partial charge in [0, 0.05) is 15.7 Å². The molecule has 6 nitrogen and oxygen atoms in total. The molecule has 0 aliphatic rings. The lowest BCUT2D eigenvalue weighted by atomic mass is 10.0. The van der Waals surface area contributed by atoms with E-state index in [2.05, 4.69) is 10.5 Å². The number of carbonyl (C=O) groups is 1. The van der Waals surface area contributed by atoms with E-state index in [4.69, 9.17) is 11.6 Å². The second kappa shape index (κ2) is 6.62. The van der Waals surface area contributed by atoms with Crippen LogP contribution in [-0.4, -0.2) is 17.0 Å². The van der Waals surface area contributed by atoms with Crippen molar-refractivity contribution >= 4 is 29.4 Å². The van der Waals surface area contributed by atoms with Gasteiger partial charge in [-0.2, -0.15) is 5.43 Å². The molecule has 0 heterocycles. The molecule has 2 aromatic rings. The van der Waals surface area contributed by atoms with Crippen LogP contribution in [0.25, 0.3) is 0 Å². The van der Waals surface area contributed by atoms with E-state index in [1.165, 1.54) is 12.1 Å². The maximum absolute atomic E-state index is 12.4. The average Bonchev–Trinajstić information content (AvgIpc) is 2.48. The quantitative estimate of drug-likeness (QED) is 0.302. The molecule has 106 valence electrons. The summed E-state index contributed by atoms with van der Waals surface area (Å²) in [6.45, 7) is 0. The van der Waals surface area contributed by atoms with Crippen LogP contribution in [-0.2, 0) is 0 Å². The summed E-state index contributed by atoms with van der Waals surface area (Å²) in [6, 6.07) is 13.2. The number of nitrogens with zero attached hydrogens (tertiary/aromatic N) is 2. The summed E-state index contributed by atoms with van der Waals surface area (Å²) in [5.41, 5.74) is 3.58. The Balaban J connectivity index is 2.35. The minimum Gasteiger partial charge on any atom is -0.358 e. The Labute approximate surface area is 125 Å². The van der Waals surface area contributed by atoms with Crippen LogP contribution in [0.15, 0.2) is 53.6 Å². The van der Waals surface area contributed by atoms with Crippen molar-refractivity contribution in [2.75, 3.05) is 5.43 Å². The highest BCUT2D eigenvalue weighted by Gasteiger charge is 2.15. The molecule has 0 spiro atoms. The van der Waals surface area contributed by atoms with Crippen molar-refractivity contribution < 1.29 is 9.72 Å². The maximum Gasteiger partial charge on any atom is 0.352 e. The number of benzene rings is 2. The molecular formula is C14H10ClN3O3. The first-order valence-electron chi connectivity index (χ1n) is 5.90. The third-order valence-electron chi connectivity index (χ3n) is 2.60. The predicted octanol–water partition coefficient (Wildman–Crippen LogP) is 3.20. The number of rotatable bonds is 5. The van der Waals surface area contributed by atoms with Gasteiger partial charge >= 0.3 is 6.34 Å². The van der Waals surface area contributed by atoms with Crippen molar-refractivity contribution in [2.45, 2.75) is 0 Å². The van der Waals surface area contributed by atoms with Crippen molar-refractivity contribution in [3.8, 4) is 0 Å². The second-order valence-corrected chi connectivity index (χ2v) is 4.46. The van der Waals surface area contributed by atoms with Crippen LogP contribution in [0.3, 0.4) is 0 Å². The van der Waals surface area contributed by atoms with Gasteiger partial charge in [0.1, 0.15) is 0 Å². The number of hydrogen-bond donors (Lipinski definition) is 1. The van der Waals surface area contributed by atoms with Gasteiger partial charge in [0.2, 0.25) is 0 Å². The van der Waals surface area contributed by atoms with Crippen LogP contribution >= 0.6 is 11.6 Å². The minimum absolute atomic E-state index is 0.253. The van der Waals surface area contributed by atoms with Gasteiger partial charge in [0.15, 0.2) is 5.78 Å². The number of hydrogen-bond acceptors (Lipinski definition) is 5. The first-order chi connectivity index (χ1) is 10.1. The van der Waals surface area contributed by atoms with E-state index in [0.717, 1.165) is 0 Å². The second-order valence-electron chi connectivity index (χ2n) is 4.03. The predicted molar refractivity (Wildman–Crippen MR) is 80.4 cm³/mol. The summed E-state index contributed by atoms with van der Waals surface area (Å²) in [4.78, 5) is 21.9. The van der Waals surface area contributed by atoms with E-state index in [-0.39, 0.29) is 11.3 Å². The van der Waals surface area contributed by atoms with Crippen LogP contribution in [0.2, 0.25) is 5.02 Å². The highest BCUT2D eigenvalue weighted by atomic mass is 35.5. The number of anilines is 1.